The van der Waals surface area contributed by atoms with Crippen LogP contribution in [-0.4, -0.2) is 22.1 Å². The molecule has 2 rings (SSSR count). The Morgan fingerprint density at radius 1 is 1.41 bits per heavy atom. The summed E-state index contributed by atoms with van der Waals surface area (Å²) in [5.41, 5.74) is 1.40. The highest BCUT2D eigenvalue weighted by Crippen LogP contribution is 2.39. The van der Waals surface area contributed by atoms with Gasteiger partial charge in [0, 0.05) is 36.3 Å². The van der Waals surface area contributed by atoms with Crippen LogP contribution in [0.2, 0.25) is 0 Å². The molecule has 0 aliphatic heterocycles. The van der Waals surface area contributed by atoms with Gasteiger partial charge in [0.05, 0.1) is 0 Å². The van der Waals surface area contributed by atoms with E-state index in [1.54, 1.807) is 0 Å². The van der Waals surface area contributed by atoms with Crippen LogP contribution >= 0.6 is 11.8 Å². The number of nitrogens with zero attached hydrogens (tertiary/aromatic N) is 1. The monoisotopic (exact) mass is 252 g/mol. The maximum Gasteiger partial charge on any atom is 0.0359 e. The molecule has 1 N–H and O–H groups in total. The lowest BCUT2D eigenvalue weighted by Gasteiger charge is -2.27. The molecule has 96 valence electrons. The summed E-state index contributed by atoms with van der Waals surface area (Å²) in [6.07, 6.45) is 10.0. The number of aromatic nitrogens is 1. The summed E-state index contributed by atoms with van der Waals surface area (Å²) >= 11 is 2.06. The molecule has 1 aliphatic carbocycles. The lowest BCUT2D eigenvalue weighted by Crippen LogP contribution is -2.35. The van der Waals surface area contributed by atoms with E-state index in [9.17, 15) is 0 Å². The largest absolute Gasteiger partial charge is 0.351 e. The van der Waals surface area contributed by atoms with Crippen LogP contribution in [0.5, 0.6) is 0 Å². The van der Waals surface area contributed by atoms with Gasteiger partial charge in [0.15, 0.2) is 0 Å². The van der Waals surface area contributed by atoms with E-state index in [1.807, 2.05) is 0 Å². The van der Waals surface area contributed by atoms with E-state index in [0.717, 1.165) is 19.6 Å². The first-order chi connectivity index (χ1) is 8.29. The van der Waals surface area contributed by atoms with Gasteiger partial charge in [-0.3, -0.25) is 0 Å². The summed E-state index contributed by atoms with van der Waals surface area (Å²) in [5.74, 6) is 0. The van der Waals surface area contributed by atoms with Crippen molar-refractivity contribution >= 4 is 11.8 Å². The summed E-state index contributed by atoms with van der Waals surface area (Å²) in [4.78, 5) is 0. The molecule has 1 saturated carbocycles. The van der Waals surface area contributed by atoms with Crippen molar-refractivity contribution in [1.82, 2.24) is 9.88 Å². The van der Waals surface area contributed by atoms with Crippen LogP contribution < -0.4 is 5.32 Å². The molecule has 0 radical (unpaired) electrons. The number of aryl methyl sites for hydroxylation is 1. The van der Waals surface area contributed by atoms with E-state index >= 15 is 0 Å². The Morgan fingerprint density at radius 2 is 2.18 bits per heavy atom. The Balaban J connectivity index is 1.82. The highest BCUT2D eigenvalue weighted by molar-refractivity contribution is 8.00. The fraction of sp³-hybridized carbons (Fsp3) is 0.714. The molecule has 1 aromatic heterocycles. The van der Waals surface area contributed by atoms with Crippen LogP contribution in [0.1, 0.15) is 38.3 Å². The number of thioether (sulfide) groups is 1. The number of nitrogens with one attached hydrogen (secondary N) is 1. The van der Waals surface area contributed by atoms with Crippen LogP contribution in [0, 0.1) is 0 Å². The predicted octanol–water partition coefficient (Wildman–Crippen LogP) is 3.27. The lowest BCUT2D eigenvalue weighted by molar-refractivity contribution is 0.522. The van der Waals surface area contributed by atoms with Crippen LogP contribution in [0.4, 0.5) is 0 Å². The van der Waals surface area contributed by atoms with Crippen molar-refractivity contribution in [1.29, 1.82) is 0 Å². The molecule has 0 bridgehead atoms. The van der Waals surface area contributed by atoms with Gasteiger partial charge in [0.2, 0.25) is 0 Å². The SMILES string of the molecule is CCn1cccc1CNCC1(SC)CCCC1. The van der Waals surface area contributed by atoms with Crippen molar-refractivity contribution < 1.29 is 0 Å². The first-order valence-corrected chi connectivity index (χ1v) is 7.92. The minimum Gasteiger partial charge on any atom is -0.351 e. The fourth-order valence-corrected chi connectivity index (χ4v) is 3.75. The molecule has 0 unspecified atom stereocenters. The van der Waals surface area contributed by atoms with Crippen molar-refractivity contribution in [3.63, 3.8) is 0 Å². The van der Waals surface area contributed by atoms with Gasteiger partial charge in [-0.05, 0) is 38.2 Å². The molecular weight excluding hydrogens is 228 g/mol. The topological polar surface area (TPSA) is 17.0 Å². The van der Waals surface area contributed by atoms with Crippen molar-refractivity contribution in [2.24, 2.45) is 0 Å². The van der Waals surface area contributed by atoms with Gasteiger partial charge in [0.1, 0.15) is 0 Å². The zero-order valence-electron chi connectivity index (χ0n) is 11.0. The number of rotatable bonds is 6. The van der Waals surface area contributed by atoms with Gasteiger partial charge in [0.25, 0.3) is 0 Å². The third kappa shape index (κ3) is 3.08. The molecule has 1 aliphatic rings. The standard InChI is InChI=1S/C14H24N2S/c1-3-16-10-6-7-13(16)11-15-12-14(17-2)8-4-5-9-14/h6-7,10,15H,3-5,8-9,11-12H2,1-2H3. The predicted molar refractivity (Wildman–Crippen MR) is 76.5 cm³/mol. The lowest BCUT2D eigenvalue weighted by atomic mass is 10.1. The Labute approximate surface area is 109 Å². The van der Waals surface area contributed by atoms with Crippen LogP contribution in [0.25, 0.3) is 0 Å². The molecule has 1 aromatic rings. The van der Waals surface area contributed by atoms with E-state index in [1.165, 1.54) is 31.4 Å². The minimum absolute atomic E-state index is 0.517. The molecule has 3 heteroatoms. The zero-order valence-corrected chi connectivity index (χ0v) is 11.9. The van der Waals surface area contributed by atoms with Crippen LogP contribution in [-0.2, 0) is 13.1 Å². The first-order valence-electron chi connectivity index (χ1n) is 6.69. The van der Waals surface area contributed by atoms with E-state index in [0.29, 0.717) is 4.75 Å². The molecule has 0 spiro atoms. The first kappa shape index (κ1) is 13.0. The molecule has 2 nitrogen and oxygen atoms in total. The molecule has 1 heterocycles. The van der Waals surface area contributed by atoms with Crippen molar-refractivity contribution in [3.8, 4) is 0 Å². The van der Waals surface area contributed by atoms with Crippen LogP contribution in [0.3, 0.4) is 0 Å². The van der Waals surface area contributed by atoms with Crippen molar-refractivity contribution in [3.05, 3.63) is 24.0 Å². The normalized spacial score (nSPS) is 18.7. The van der Waals surface area contributed by atoms with Crippen molar-refractivity contribution in [2.45, 2.75) is 50.4 Å². The maximum atomic E-state index is 3.65. The summed E-state index contributed by atoms with van der Waals surface area (Å²) < 4.78 is 2.83. The van der Waals surface area contributed by atoms with Gasteiger partial charge in [-0.2, -0.15) is 11.8 Å². The molecular formula is C14H24N2S. The third-order valence-corrected chi connectivity index (χ3v) is 5.38. The molecule has 17 heavy (non-hydrogen) atoms. The second kappa shape index (κ2) is 5.96. The number of hydrogen-bond acceptors (Lipinski definition) is 2. The molecule has 0 atom stereocenters. The average molecular weight is 252 g/mol. The summed E-state index contributed by atoms with van der Waals surface area (Å²) in [7, 11) is 0. The Morgan fingerprint density at radius 3 is 2.82 bits per heavy atom. The number of hydrogen-bond donors (Lipinski definition) is 1. The van der Waals surface area contributed by atoms with Crippen LogP contribution in [0.15, 0.2) is 18.3 Å². The quantitative estimate of drug-likeness (QED) is 0.837. The third-order valence-electron chi connectivity index (χ3n) is 3.97. The molecule has 1 fully saturated rings. The molecule has 0 amide bonds. The summed E-state index contributed by atoms with van der Waals surface area (Å²) in [5, 5.41) is 3.65. The highest BCUT2D eigenvalue weighted by atomic mass is 32.2. The Kier molecular flexibility index (Phi) is 4.57. The summed E-state index contributed by atoms with van der Waals surface area (Å²) in [6, 6.07) is 4.36. The van der Waals surface area contributed by atoms with Gasteiger partial charge in [-0.15, -0.1) is 0 Å². The highest BCUT2D eigenvalue weighted by Gasteiger charge is 2.32. The zero-order chi connectivity index (χ0) is 12.1. The summed E-state index contributed by atoms with van der Waals surface area (Å²) in [6.45, 7) is 5.42. The van der Waals surface area contributed by atoms with Gasteiger partial charge >= 0.3 is 0 Å². The second-order valence-electron chi connectivity index (χ2n) is 4.98. The Hall–Kier alpha value is -0.410. The minimum atomic E-state index is 0.517. The van der Waals surface area contributed by atoms with Gasteiger partial charge in [-0.25, -0.2) is 0 Å². The van der Waals surface area contributed by atoms with Gasteiger partial charge < -0.3 is 9.88 Å². The van der Waals surface area contributed by atoms with Crippen molar-refractivity contribution in [2.75, 3.05) is 12.8 Å². The average Bonchev–Trinajstić information content (AvgIpc) is 2.98. The molecule has 0 saturated heterocycles. The second-order valence-corrected chi connectivity index (χ2v) is 6.26. The van der Waals surface area contributed by atoms with Gasteiger partial charge in [-0.1, -0.05) is 12.8 Å². The van der Waals surface area contributed by atoms with E-state index in [4.69, 9.17) is 0 Å². The van der Waals surface area contributed by atoms with E-state index in [-0.39, 0.29) is 0 Å². The molecule has 0 aromatic carbocycles. The smallest absolute Gasteiger partial charge is 0.0359 e. The fourth-order valence-electron chi connectivity index (χ4n) is 2.81. The van der Waals surface area contributed by atoms with E-state index < -0.39 is 0 Å². The maximum absolute atomic E-state index is 3.65. The van der Waals surface area contributed by atoms with E-state index in [2.05, 4.69) is 53.2 Å². The Bertz CT molecular complexity index is 340.